The number of hydrogen-bond donors (Lipinski definition) is 2. The molecule has 0 bridgehead atoms. The Bertz CT molecular complexity index is 953. The van der Waals surface area contributed by atoms with Gasteiger partial charge >= 0.3 is 6.09 Å². The molecule has 6 heteroatoms. The highest BCUT2D eigenvalue weighted by atomic mass is 16.6. The topological polar surface area (TPSA) is 80.6 Å². The Morgan fingerprint density at radius 3 is 2.54 bits per heavy atom. The van der Waals surface area contributed by atoms with Crippen LogP contribution in [0.1, 0.15) is 27.2 Å². The van der Waals surface area contributed by atoms with Crippen LogP contribution in [0, 0.1) is 0 Å². The van der Waals surface area contributed by atoms with Crippen molar-refractivity contribution in [1.82, 2.24) is 5.32 Å². The number of para-hydroxylation sites is 1. The first-order chi connectivity index (χ1) is 12.3. The molecule has 136 valence electrons. The third kappa shape index (κ3) is 4.33. The van der Waals surface area contributed by atoms with E-state index in [0.29, 0.717) is 5.69 Å². The molecule has 6 nitrogen and oxygen atoms in total. The molecule has 0 aliphatic rings. The lowest BCUT2D eigenvalue weighted by Gasteiger charge is -2.19. The van der Waals surface area contributed by atoms with Crippen LogP contribution in [0.25, 0.3) is 21.9 Å². The van der Waals surface area contributed by atoms with Gasteiger partial charge in [0.15, 0.2) is 0 Å². The molecule has 0 fully saturated rings. The number of ether oxygens (including phenoxy) is 1. The first kappa shape index (κ1) is 17.8. The maximum Gasteiger partial charge on any atom is 0.407 e. The Morgan fingerprint density at radius 1 is 1.04 bits per heavy atom. The van der Waals surface area contributed by atoms with Crippen LogP contribution in [0.5, 0.6) is 0 Å². The van der Waals surface area contributed by atoms with Crippen LogP contribution in [-0.2, 0) is 9.53 Å². The van der Waals surface area contributed by atoms with Crippen molar-refractivity contribution in [3.05, 3.63) is 42.5 Å². The van der Waals surface area contributed by atoms with E-state index in [1.165, 1.54) is 0 Å². The largest absolute Gasteiger partial charge is 0.456 e. The normalized spacial score (nSPS) is 11.5. The van der Waals surface area contributed by atoms with Gasteiger partial charge in [0.2, 0.25) is 5.91 Å². The van der Waals surface area contributed by atoms with E-state index in [2.05, 4.69) is 10.6 Å². The van der Waals surface area contributed by atoms with Crippen LogP contribution < -0.4 is 10.6 Å². The summed E-state index contributed by atoms with van der Waals surface area (Å²) in [5.41, 5.74) is 1.62. The number of carbonyl (C=O) groups is 2. The van der Waals surface area contributed by atoms with Crippen molar-refractivity contribution in [2.45, 2.75) is 32.8 Å². The molecule has 0 atom stereocenters. The molecule has 0 saturated heterocycles. The van der Waals surface area contributed by atoms with Gasteiger partial charge < -0.3 is 19.8 Å². The molecule has 0 radical (unpaired) electrons. The van der Waals surface area contributed by atoms with Crippen LogP contribution in [-0.4, -0.2) is 24.1 Å². The highest BCUT2D eigenvalue weighted by molar-refractivity contribution is 6.06. The van der Waals surface area contributed by atoms with Crippen molar-refractivity contribution >= 4 is 39.6 Å². The van der Waals surface area contributed by atoms with Crippen molar-refractivity contribution < 1.29 is 18.7 Å². The lowest BCUT2D eigenvalue weighted by atomic mass is 10.1. The van der Waals surface area contributed by atoms with E-state index in [0.717, 1.165) is 21.9 Å². The minimum atomic E-state index is -0.561. The molecular weight excluding hydrogens is 332 g/mol. The van der Waals surface area contributed by atoms with Gasteiger partial charge in [0.1, 0.15) is 16.8 Å². The number of carbonyl (C=O) groups excluding carboxylic acids is 2. The number of amides is 2. The minimum Gasteiger partial charge on any atom is -0.456 e. The van der Waals surface area contributed by atoms with Crippen LogP contribution in [0.3, 0.4) is 0 Å². The zero-order valence-corrected chi connectivity index (χ0v) is 15.1. The van der Waals surface area contributed by atoms with E-state index >= 15 is 0 Å². The number of rotatable bonds is 4. The molecule has 26 heavy (non-hydrogen) atoms. The predicted molar refractivity (Wildman–Crippen MR) is 101 cm³/mol. The number of anilines is 1. The van der Waals surface area contributed by atoms with Gasteiger partial charge in [-0.3, -0.25) is 4.79 Å². The smallest absolute Gasteiger partial charge is 0.407 e. The summed E-state index contributed by atoms with van der Waals surface area (Å²) in [4.78, 5) is 23.6. The van der Waals surface area contributed by atoms with Crippen LogP contribution in [0.4, 0.5) is 10.5 Å². The summed E-state index contributed by atoms with van der Waals surface area (Å²) in [5, 5.41) is 7.42. The highest BCUT2D eigenvalue weighted by Crippen LogP contribution is 2.30. The minimum absolute atomic E-state index is 0.150. The van der Waals surface area contributed by atoms with E-state index in [-0.39, 0.29) is 18.9 Å². The van der Waals surface area contributed by atoms with Gasteiger partial charge in [0.25, 0.3) is 0 Å². The number of hydrogen-bond acceptors (Lipinski definition) is 4. The Labute approximate surface area is 151 Å². The summed E-state index contributed by atoms with van der Waals surface area (Å²) in [6, 6.07) is 13.4. The average Bonchev–Trinajstić information content (AvgIpc) is 2.90. The second-order valence-electron chi connectivity index (χ2n) is 7.04. The van der Waals surface area contributed by atoms with Crippen molar-refractivity contribution in [2.24, 2.45) is 0 Å². The number of nitrogens with one attached hydrogen (secondary N) is 2. The number of fused-ring (bicyclic) bond motifs is 3. The first-order valence-electron chi connectivity index (χ1n) is 8.50. The van der Waals surface area contributed by atoms with Crippen molar-refractivity contribution in [2.75, 3.05) is 11.9 Å². The van der Waals surface area contributed by atoms with E-state index in [1.54, 1.807) is 26.8 Å². The van der Waals surface area contributed by atoms with Gasteiger partial charge in [-0.2, -0.15) is 0 Å². The van der Waals surface area contributed by atoms with Crippen LogP contribution in [0.15, 0.2) is 46.9 Å². The van der Waals surface area contributed by atoms with Gasteiger partial charge in [-0.1, -0.05) is 18.2 Å². The molecule has 0 aliphatic heterocycles. The van der Waals surface area contributed by atoms with Crippen LogP contribution in [0.2, 0.25) is 0 Å². The Morgan fingerprint density at radius 2 is 1.77 bits per heavy atom. The maximum absolute atomic E-state index is 12.1. The fourth-order valence-electron chi connectivity index (χ4n) is 2.62. The second-order valence-corrected chi connectivity index (χ2v) is 7.04. The van der Waals surface area contributed by atoms with Crippen LogP contribution >= 0.6 is 0 Å². The van der Waals surface area contributed by atoms with E-state index in [4.69, 9.17) is 9.15 Å². The zero-order chi connectivity index (χ0) is 18.7. The van der Waals surface area contributed by atoms with E-state index in [9.17, 15) is 9.59 Å². The van der Waals surface area contributed by atoms with E-state index in [1.807, 2.05) is 36.4 Å². The lowest BCUT2D eigenvalue weighted by Crippen LogP contribution is -2.34. The highest BCUT2D eigenvalue weighted by Gasteiger charge is 2.16. The predicted octanol–water partition coefficient (Wildman–Crippen LogP) is 4.44. The monoisotopic (exact) mass is 354 g/mol. The SMILES string of the molecule is CC(C)(C)OC(=O)NCCC(=O)Nc1ccc2c(c1)oc1ccccc12. The van der Waals surface area contributed by atoms with Gasteiger partial charge in [0.05, 0.1) is 0 Å². The summed E-state index contributed by atoms with van der Waals surface area (Å²) in [5.74, 6) is -0.198. The fraction of sp³-hybridized carbons (Fsp3) is 0.300. The molecule has 2 amide bonds. The molecule has 2 N–H and O–H groups in total. The molecule has 0 aliphatic carbocycles. The van der Waals surface area contributed by atoms with Crippen molar-refractivity contribution in [1.29, 1.82) is 0 Å². The van der Waals surface area contributed by atoms with Gasteiger partial charge in [0, 0.05) is 35.5 Å². The molecular formula is C20H22N2O4. The molecule has 1 aromatic heterocycles. The van der Waals surface area contributed by atoms with Crippen molar-refractivity contribution in [3.8, 4) is 0 Å². The number of alkyl carbamates (subject to hydrolysis) is 1. The summed E-state index contributed by atoms with van der Waals surface area (Å²) in [7, 11) is 0. The average molecular weight is 354 g/mol. The Kier molecular flexibility index (Phi) is 4.84. The quantitative estimate of drug-likeness (QED) is 0.726. The molecule has 1 heterocycles. The lowest BCUT2D eigenvalue weighted by molar-refractivity contribution is -0.116. The van der Waals surface area contributed by atoms with Gasteiger partial charge in [-0.15, -0.1) is 0 Å². The third-order valence-electron chi connectivity index (χ3n) is 3.68. The first-order valence-corrected chi connectivity index (χ1v) is 8.50. The van der Waals surface area contributed by atoms with Gasteiger partial charge in [-0.25, -0.2) is 4.79 Å². The van der Waals surface area contributed by atoms with Gasteiger partial charge in [-0.05, 0) is 39.0 Å². The number of benzene rings is 2. The molecule has 2 aromatic carbocycles. The molecule has 3 rings (SSSR count). The zero-order valence-electron chi connectivity index (χ0n) is 15.1. The molecule has 0 saturated carbocycles. The summed E-state index contributed by atoms with van der Waals surface area (Å²) in [6.07, 6.45) is -0.383. The summed E-state index contributed by atoms with van der Waals surface area (Å²) < 4.78 is 10.9. The maximum atomic E-state index is 12.1. The van der Waals surface area contributed by atoms with E-state index < -0.39 is 11.7 Å². The Balaban J connectivity index is 1.57. The standard InChI is InChI=1S/C20H22N2O4/c1-20(2,3)26-19(24)21-11-10-18(23)22-13-8-9-15-14-6-4-5-7-16(14)25-17(15)12-13/h4-9,12H,10-11H2,1-3H3,(H,21,24)(H,22,23). The molecule has 0 spiro atoms. The fourth-order valence-corrected chi connectivity index (χ4v) is 2.62. The third-order valence-corrected chi connectivity index (χ3v) is 3.68. The molecule has 3 aromatic rings. The summed E-state index contributed by atoms with van der Waals surface area (Å²) in [6.45, 7) is 5.56. The van der Waals surface area contributed by atoms with Crippen molar-refractivity contribution in [3.63, 3.8) is 0 Å². The second kappa shape index (κ2) is 7.07. The number of furan rings is 1. The summed E-state index contributed by atoms with van der Waals surface area (Å²) >= 11 is 0. The Hall–Kier alpha value is -3.02. The molecule has 0 unspecified atom stereocenters.